The number of aliphatic hydroxyl groups is 5. The smallest absolute Gasteiger partial charge is 0.411 e. The van der Waals surface area contributed by atoms with Gasteiger partial charge >= 0.3 is 6.09 Å². The van der Waals surface area contributed by atoms with Crippen molar-refractivity contribution in [2.45, 2.75) is 300 Å². The molecule has 1 aromatic carbocycles. The number of hydrogen-bond donors (Lipinski definition) is 7. The van der Waals surface area contributed by atoms with Gasteiger partial charge in [0.1, 0.15) is 36.8 Å². The first-order chi connectivity index (χ1) is 33.7. The van der Waals surface area contributed by atoms with Crippen molar-refractivity contribution in [3.8, 4) is 0 Å². The fourth-order valence-electron chi connectivity index (χ4n) is 9.52. The van der Waals surface area contributed by atoms with E-state index in [4.69, 9.17) is 14.2 Å². The predicted molar refractivity (Wildman–Crippen MR) is 280 cm³/mol. The van der Waals surface area contributed by atoms with Gasteiger partial charge in [0.25, 0.3) is 0 Å². The monoisotopic (exact) mass is 981 g/mol. The van der Waals surface area contributed by atoms with Gasteiger partial charge in [-0.05, 0) is 43.7 Å². The maximum absolute atomic E-state index is 13.3. The lowest BCUT2D eigenvalue weighted by Crippen LogP contribution is -2.60. The highest BCUT2D eigenvalue weighted by Gasteiger charge is 2.45. The molecule has 1 amide bonds. The van der Waals surface area contributed by atoms with Crippen LogP contribution in [0.2, 0.25) is 0 Å². The van der Waals surface area contributed by atoms with E-state index in [1.54, 1.807) is 0 Å². The Hall–Kier alpha value is -1.90. The van der Waals surface area contributed by atoms with Crippen LogP contribution >= 0.6 is 0 Å². The minimum absolute atomic E-state index is 0.154. The quantitative estimate of drug-likeness (QED) is 0.0312. The van der Waals surface area contributed by atoms with Gasteiger partial charge in [-0.2, -0.15) is 0 Å². The summed E-state index contributed by atoms with van der Waals surface area (Å²) in [5.41, 5.74) is 0.298. The number of amides is 1. The number of rotatable bonds is 47. The van der Waals surface area contributed by atoms with Crippen molar-refractivity contribution in [1.29, 1.82) is 0 Å². The molecule has 11 nitrogen and oxygen atoms in total. The van der Waals surface area contributed by atoms with Crippen LogP contribution in [-0.4, -0.2) is 100 Å². The van der Waals surface area contributed by atoms with Crippen LogP contribution in [0.3, 0.4) is 0 Å². The number of unbranched alkanes of at least 4 members (excludes halogenated alkanes) is 34. The fourth-order valence-corrected chi connectivity index (χ4v) is 9.52. The third-order valence-electron chi connectivity index (χ3n) is 14.2. The Morgan fingerprint density at radius 1 is 0.565 bits per heavy atom. The lowest BCUT2D eigenvalue weighted by molar-refractivity contribution is -0.302. The molecule has 0 aromatic heterocycles. The normalized spacial score (nSPS) is 19.7. The molecule has 1 saturated heterocycles. The molecule has 1 heterocycles. The Bertz CT molecular complexity index is 1300. The molecule has 2 rings (SSSR count). The van der Waals surface area contributed by atoms with E-state index in [9.17, 15) is 34.7 Å². The van der Waals surface area contributed by atoms with Gasteiger partial charge in [0.2, 0.25) is 0 Å². The summed E-state index contributed by atoms with van der Waals surface area (Å²) in [6.07, 6.45) is 36.4. The molecular weight excluding hydrogens is 876 g/mol. The first-order valence-electron chi connectivity index (χ1n) is 28.8. The van der Waals surface area contributed by atoms with Crippen molar-refractivity contribution in [3.63, 3.8) is 0 Å². The summed E-state index contributed by atoms with van der Waals surface area (Å²) in [6.45, 7) is 4.50. The Morgan fingerprint density at radius 2 is 0.957 bits per heavy atom. The van der Waals surface area contributed by atoms with E-state index in [1.165, 1.54) is 217 Å². The molecule has 12 heteroatoms. The molecule has 1 fully saturated rings. The Morgan fingerprint density at radius 3 is 1.38 bits per heavy atom. The highest BCUT2D eigenvalue weighted by atomic mass is 19.1. The van der Waals surface area contributed by atoms with Crippen LogP contribution in [0.5, 0.6) is 0 Å². The van der Waals surface area contributed by atoms with Gasteiger partial charge in [0.15, 0.2) is 6.29 Å². The van der Waals surface area contributed by atoms with Crippen molar-refractivity contribution in [1.82, 2.24) is 5.32 Å². The average molecular weight is 981 g/mol. The molecule has 1 aliphatic rings. The number of nitrogens with one attached hydrogen (secondary N) is 2. The molecule has 0 saturated carbocycles. The van der Waals surface area contributed by atoms with Crippen LogP contribution in [0.15, 0.2) is 24.3 Å². The van der Waals surface area contributed by atoms with Gasteiger partial charge in [-0.3, -0.25) is 5.32 Å². The number of anilines is 1. The molecule has 69 heavy (non-hydrogen) atoms. The van der Waals surface area contributed by atoms with E-state index in [-0.39, 0.29) is 6.61 Å². The number of benzene rings is 1. The zero-order valence-corrected chi connectivity index (χ0v) is 44.0. The van der Waals surface area contributed by atoms with E-state index in [0.29, 0.717) is 18.7 Å². The largest absolute Gasteiger partial charge is 0.446 e. The second-order valence-corrected chi connectivity index (χ2v) is 20.5. The van der Waals surface area contributed by atoms with Crippen LogP contribution in [0.25, 0.3) is 0 Å². The maximum Gasteiger partial charge on any atom is 0.411 e. The van der Waals surface area contributed by atoms with Crippen molar-refractivity contribution in [3.05, 3.63) is 30.1 Å². The topological polar surface area (TPSA) is 170 Å². The predicted octanol–water partition coefficient (Wildman–Crippen LogP) is 13.4. The van der Waals surface area contributed by atoms with Crippen LogP contribution < -0.4 is 10.6 Å². The maximum atomic E-state index is 13.3. The standard InChI is InChI=1S/C57H105FN2O9/c1-3-5-7-9-11-13-15-17-18-19-20-21-22-23-24-25-26-27-28-30-32-34-36-38-44-59-49(52(62)50(61)39-37-35-33-31-29-16-14-12-10-8-6-4-2)45-67-56-55(65)54(64)53(63)51(69-56)46-68-57(66)60-48-42-40-47(58)41-43-48/h40-43,49-56,59,61-65H,3-39,44-46H2,1-2H3,(H,60,66)/t49-,50+,51+,52-,53-,54-,55+,56-/m0/s1. The molecule has 0 bridgehead atoms. The molecule has 7 N–H and O–H groups in total. The molecule has 0 aliphatic carbocycles. The van der Waals surface area contributed by atoms with Gasteiger partial charge in [-0.15, -0.1) is 0 Å². The van der Waals surface area contributed by atoms with E-state index in [1.807, 2.05) is 0 Å². The van der Waals surface area contributed by atoms with Crippen molar-refractivity contribution < 1.29 is 48.9 Å². The number of ether oxygens (including phenoxy) is 3. The van der Waals surface area contributed by atoms with Crippen molar-refractivity contribution in [2.75, 3.05) is 25.1 Å². The second kappa shape index (κ2) is 43.7. The summed E-state index contributed by atoms with van der Waals surface area (Å²) in [5, 5.41) is 60.4. The van der Waals surface area contributed by atoms with E-state index >= 15 is 0 Å². The van der Waals surface area contributed by atoms with Crippen LogP contribution in [0, 0.1) is 5.82 Å². The van der Waals surface area contributed by atoms with Gasteiger partial charge in [0.05, 0.1) is 24.9 Å². The SMILES string of the molecule is CCCCCCCCCCCCCCCCCCCCCCCCCCN[C@@H](CO[C@H]1O[C@H](COC(=O)Nc2ccc(F)cc2)[C@H](O)[C@H](O)[C@H]1O)[C@H](O)[C@H](O)CCCCCCCCCCCCCC. The summed E-state index contributed by atoms with van der Waals surface area (Å²) in [7, 11) is 0. The Kier molecular flexibility index (Phi) is 40.0. The van der Waals surface area contributed by atoms with Gasteiger partial charge in [0, 0.05) is 5.69 Å². The molecule has 1 aliphatic heterocycles. The summed E-state index contributed by atoms with van der Waals surface area (Å²) in [6, 6.07) is 4.41. The van der Waals surface area contributed by atoms with Crippen molar-refractivity contribution >= 4 is 11.8 Å². The van der Waals surface area contributed by atoms with Gasteiger partial charge in [-0.25, -0.2) is 9.18 Å². The molecule has 0 radical (unpaired) electrons. The number of carbonyl (C=O) groups excluding carboxylic acids is 1. The Labute approximate surface area is 420 Å². The summed E-state index contributed by atoms with van der Waals surface area (Å²) in [4.78, 5) is 12.4. The molecule has 1 aromatic rings. The minimum atomic E-state index is -1.66. The van der Waals surface area contributed by atoms with E-state index in [0.717, 1.165) is 38.5 Å². The van der Waals surface area contributed by atoms with E-state index in [2.05, 4.69) is 24.5 Å². The highest BCUT2D eigenvalue weighted by Crippen LogP contribution is 2.24. The second-order valence-electron chi connectivity index (χ2n) is 20.5. The number of carbonyl (C=O) groups is 1. The average Bonchev–Trinajstić information content (AvgIpc) is 3.35. The summed E-state index contributed by atoms with van der Waals surface area (Å²) < 4.78 is 30.2. The molecule has 8 atom stereocenters. The Balaban J connectivity index is 1.68. The van der Waals surface area contributed by atoms with Crippen LogP contribution in [0.1, 0.15) is 251 Å². The molecule has 404 valence electrons. The third kappa shape index (κ3) is 32.7. The van der Waals surface area contributed by atoms with Crippen LogP contribution in [-0.2, 0) is 14.2 Å². The van der Waals surface area contributed by atoms with Crippen LogP contribution in [0.4, 0.5) is 14.9 Å². The first kappa shape index (κ1) is 63.2. The highest BCUT2D eigenvalue weighted by molar-refractivity contribution is 5.84. The van der Waals surface area contributed by atoms with Gasteiger partial charge < -0.3 is 45.1 Å². The zero-order chi connectivity index (χ0) is 50.0. The van der Waals surface area contributed by atoms with E-state index < -0.39 is 67.5 Å². The summed E-state index contributed by atoms with van der Waals surface area (Å²) >= 11 is 0. The number of hydrogen-bond acceptors (Lipinski definition) is 10. The lowest BCUT2D eigenvalue weighted by Gasteiger charge is -2.40. The number of aliphatic hydroxyl groups excluding tert-OH is 5. The molecular formula is C57H105FN2O9. The first-order valence-corrected chi connectivity index (χ1v) is 28.8. The van der Waals surface area contributed by atoms with Gasteiger partial charge in [-0.1, -0.05) is 239 Å². The summed E-state index contributed by atoms with van der Waals surface area (Å²) in [5.74, 6) is -0.461. The third-order valence-corrected chi connectivity index (χ3v) is 14.2. The molecule has 0 spiro atoms. The minimum Gasteiger partial charge on any atom is -0.446 e. The lowest BCUT2D eigenvalue weighted by atomic mass is 9.98. The molecule has 0 unspecified atom stereocenters. The zero-order valence-electron chi connectivity index (χ0n) is 44.0. The number of halogens is 1. The fraction of sp³-hybridized carbons (Fsp3) is 0.877. The van der Waals surface area contributed by atoms with Crippen molar-refractivity contribution in [2.24, 2.45) is 0 Å².